The Morgan fingerprint density at radius 1 is 1.22 bits per heavy atom. The first-order chi connectivity index (χ1) is 8.77. The van der Waals surface area contributed by atoms with Crippen molar-refractivity contribution >= 4 is 0 Å². The lowest BCUT2D eigenvalue weighted by Gasteiger charge is -2.10. The van der Waals surface area contributed by atoms with Gasteiger partial charge in [-0.1, -0.05) is 6.92 Å². The minimum Gasteiger partial charge on any atom is -0.492 e. The fourth-order valence-electron chi connectivity index (χ4n) is 1.66. The lowest BCUT2D eigenvalue weighted by molar-refractivity contribution is 0.198. The zero-order valence-electron chi connectivity index (χ0n) is 11.7. The number of nitrogens with one attached hydrogen (secondary N) is 1. The highest BCUT2D eigenvalue weighted by Crippen LogP contribution is 2.17. The quantitative estimate of drug-likeness (QED) is 0.682. The van der Waals surface area contributed by atoms with Crippen LogP contribution in [0.25, 0.3) is 0 Å². The SMILES string of the molecule is CCc1nc(C)ccc1OCCCNCCOC. The molecule has 0 bridgehead atoms. The second kappa shape index (κ2) is 8.89. The molecule has 1 heterocycles. The van der Waals surface area contributed by atoms with Crippen molar-refractivity contribution in [1.82, 2.24) is 10.3 Å². The Balaban J connectivity index is 2.22. The second-order valence-electron chi connectivity index (χ2n) is 4.20. The minimum absolute atomic E-state index is 0.720. The third kappa shape index (κ3) is 5.47. The van der Waals surface area contributed by atoms with Gasteiger partial charge in [0, 0.05) is 19.3 Å². The second-order valence-corrected chi connectivity index (χ2v) is 4.20. The van der Waals surface area contributed by atoms with Crippen LogP contribution in [-0.4, -0.2) is 38.4 Å². The van der Waals surface area contributed by atoms with E-state index in [1.54, 1.807) is 7.11 Å². The van der Waals surface area contributed by atoms with Gasteiger partial charge >= 0.3 is 0 Å². The summed E-state index contributed by atoms with van der Waals surface area (Å²) in [5.41, 5.74) is 2.09. The molecule has 0 radical (unpaired) electrons. The summed E-state index contributed by atoms with van der Waals surface area (Å²) in [5, 5.41) is 3.29. The van der Waals surface area contributed by atoms with Crippen molar-refractivity contribution in [3.05, 3.63) is 23.5 Å². The van der Waals surface area contributed by atoms with Crippen molar-refractivity contribution in [2.45, 2.75) is 26.7 Å². The van der Waals surface area contributed by atoms with Crippen LogP contribution >= 0.6 is 0 Å². The average molecular weight is 252 g/mol. The highest BCUT2D eigenvalue weighted by atomic mass is 16.5. The smallest absolute Gasteiger partial charge is 0.140 e. The van der Waals surface area contributed by atoms with E-state index in [1.807, 2.05) is 19.1 Å². The monoisotopic (exact) mass is 252 g/mol. The Bertz CT molecular complexity index is 343. The molecule has 0 aliphatic rings. The Kier molecular flexibility index (Phi) is 7.37. The molecule has 4 nitrogen and oxygen atoms in total. The van der Waals surface area contributed by atoms with Crippen molar-refractivity contribution in [2.75, 3.05) is 33.4 Å². The van der Waals surface area contributed by atoms with Gasteiger partial charge in [-0.2, -0.15) is 0 Å². The molecule has 0 aromatic carbocycles. The maximum absolute atomic E-state index is 5.76. The van der Waals surface area contributed by atoms with Crippen molar-refractivity contribution in [3.8, 4) is 5.75 Å². The molecule has 0 atom stereocenters. The Hall–Kier alpha value is -1.13. The molecule has 0 saturated carbocycles. The predicted octanol–water partition coefficient (Wildman–Crippen LogP) is 1.96. The average Bonchev–Trinajstić information content (AvgIpc) is 2.39. The van der Waals surface area contributed by atoms with E-state index in [9.17, 15) is 0 Å². The summed E-state index contributed by atoms with van der Waals surface area (Å²) in [4.78, 5) is 4.47. The van der Waals surface area contributed by atoms with E-state index in [0.29, 0.717) is 0 Å². The molecule has 1 rings (SSSR count). The van der Waals surface area contributed by atoms with Crippen LogP contribution in [0.1, 0.15) is 24.7 Å². The summed E-state index contributed by atoms with van der Waals surface area (Å²) < 4.78 is 10.7. The van der Waals surface area contributed by atoms with Gasteiger partial charge in [-0.25, -0.2) is 0 Å². The zero-order chi connectivity index (χ0) is 13.2. The van der Waals surface area contributed by atoms with E-state index in [1.165, 1.54) is 0 Å². The summed E-state index contributed by atoms with van der Waals surface area (Å²) in [6.07, 6.45) is 1.89. The topological polar surface area (TPSA) is 43.4 Å². The largest absolute Gasteiger partial charge is 0.492 e. The van der Waals surface area contributed by atoms with Gasteiger partial charge in [0.05, 0.1) is 18.9 Å². The van der Waals surface area contributed by atoms with Gasteiger partial charge in [0.2, 0.25) is 0 Å². The first kappa shape index (κ1) is 14.9. The molecule has 0 fully saturated rings. The van der Waals surface area contributed by atoms with Gasteiger partial charge in [0.1, 0.15) is 5.75 Å². The van der Waals surface area contributed by atoms with E-state index in [0.717, 1.165) is 56.3 Å². The van der Waals surface area contributed by atoms with Gasteiger partial charge in [-0.05, 0) is 38.4 Å². The molecule has 18 heavy (non-hydrogen) atoms. The molecule has 0 amide bonds. The summed E-state index contributed by atoms with van der Waals surface area (Å²) in [6, 6.07) is 4.00. The number of hydrogen-bond acceptors (Lipinski definition) is 4. The predicted molar refractivity (Wildman–Crippen MR) is 73.2 cm³/mol. The van der Waals surface area contributed by atoms with Crippen LogP contribution in [-0.2, 0) is 11.2 Å². The third-order valence-electron chi connectivity index (χ3n) is 2.64. The number of pyridine rings is 1. The Morgan fingerprint density at radius 3 is 2.78 bits per heavy atom. The van der Waals surface area contributed by atoms with Crippen molar-refractivity contribution in [2.24, 2.45) is 0 Å². The molecule has 102 valence electrons. The van der Waals surface area contributed by atoms with Crippen LogP contribution in [0.5, 0.6) is 5.75 Å². The molecule has 0 spiro atoms. The van der Waals surface area contributed by atoms with Crippen molar-refractivity contribution < 1.29 is 9.47 Å². The molecule has 0 unspecified atom stereocenters. The third-order valence-corrected chi connectivity index (χ3v) is 2.64. The van der Waals surface area contributed by atoms with Gasteiger partial charge in [-0.3, -0.25) is 4.98 Å². The van der Waals surface area contributed by atoms with Crippen LogP contribution in [0.2, 0.25) is 0 Å². The fourth-order valence-corrected chi connectivity index (χ4v) is 1.66. The lowest BCUT2D eigenvalue weighted by Crippen LogP contribution is -2.21. The highest BCUT2D eigenvalue weighted by Gasteiger charge is 2.03. The zero-order valence-corrected chi connectivity index (χ0v) is 11.7. The summed E-state index contributed by atoms with van der Waals surface area (Å²) in [6.45, 7) is 7.41. The van der Waals surface area contributed by atoms with Crippen LogP contribution in [0.15, 0.2) is 12.1 Å². The maximum Gasteiger partial charge on any atom is 0.140 e. The molecule has 0 aliphatic heterocycles. The first-order valence-corrected chi connectivity index (χ1v) is 6.57. The fraction of sp³-hybridized carbons (Fsp3) is 0.643. The number of nitrogens with zero attached hydrogens (tertiary/aromatic N) is 1. The van der Waals surface area contributed by atoms with Crippen molar-refractivity contribution in [3.63, 3.8) is 0 Å². The molecule has 1 N–H and O–H groups in total. The number of rotatable bonds is 9. The van der Waals surface area contributed by atoms with E-state index in [4.69, 9.17) is 9.47 Å². The molecular weight excluding hydrogens is 228 g/mol. The molecule has 1 aromatic heterocycles. The standard InChI is InChI=1S/C14H24N2O2/c1-4-13-14(7-6-12(2)16-13)18-10-5-8-15-9-11-17-3/h6-7,15H,4-5,8-11H2,1-3H3. The Labute approximate surface area is 110 Å². The van der Waals surface area contributed by atoms with E-state index < -0.39 is 0 Å². The summed E-state index contributed by atoms with van der Waals surface area (Å²) >= 11 is 0. The summed E-state index contributed by atoms with van der Waals surface area (Å²) in [7, 11) is 1.71. The van der Waals surface area contributed by atoms with Crippen LogP contribution in [0.3, 0.4) is 0 Å². The molecule has 4 heteroatoms. The van der Waals surface area contributed by atoms with Gasteiger partial charge in [0.15, 0.2) is 0 Å². The Morgan fingerprint density at radius 2 is 2.06 bits per heavy atom. The molecule has 1 aromatic rings. The number of methoxy groups -OCH3 is 1. The number of aromatic nitrogens is 1. The number of hydrogen-bond donors (Lipinski definition) is 1. The molecule has 0 saturated heterocycles. The number of aryl methyl sites for hydroxylation is 2. The van der Waals surface area contributed by atoms with Crippen LogP contribution < -0.4 is 10.1 Å². The normalized spacial score (nSPS) is 10.6. The first-order valence-electron chi connectivity index (χ1n) is 6.57. The highest BCUT2D eigenvalue weighted by molar-refractivity contribution is 5.29. The number of ether oxygens (including phenoxy) is 2. The van der Waals surface area contributed by atoms with Gasteiger partial charge in [0.25, 0.3) is 0 Å². The maximum atomic E-state index is 5.76. The van der Waals surface area contributed by atoms with Gasteiger partial charge in [-0.15, -0.1) is 0 Å². The van der Waals surface area contributed by atoms with Gasteiger partial charge < -0.3 is 14.8 Å². The van der Waals surface area contributed by atoms with E-state index >= 15 is 0 Å². The van der Waals surface area contributed by atoms with E-state index in [-0.39, 0.29) is 0 Å². The lowest BCUT2D eigenvalue weighted by atomic mass is 10.2. The van der Waals surface area contributed by atoms with Crippen LogP contribution in [0.4, 0.5) is 0 Å². The van der Waals surface area contributed by atoms with Crippen LogP contribution in [0, 0.1) is 6.92 Å². The molecular formula is C14H24N2O2. The van der Waals surface area contributed by atoms with E-state index in [2.05, 4.69) is 17.2 Å². The summed E-state index contributed by atoms with van der Waals surface area (Å²) in [5.74, 6) is 0.917. The molecule has 0 aliphatic carbocycles. The minimum atomic E-state index is 0.720. The van der Waals surface area contributed by atoms with Crippen molar-refractivity contribution in [1.29, 1.82) is 0 Å².